The molecule has 0 amide bonds. The van der Waals surface area contributed by atoms with Crippen LogP contribution in [0.5, 0.6) is 0 Å². The highest BCUT2D eigenvalue weighted by Crippen LogP contribution is 2.22. The van der Waals surface area contributed by atoms with Crippen molar-refractivity contribution in [3.63, 3.8) is 0 Å². The molecule has 2 aromatic rings. The Bertz CT molecular complexity index is 865. The summed E-state index contributed by atoms with van der Waals surface area (Å²) in [4.78, 5) is 6.54. The molecular formula is C18H28N6O2S. The molecular weight excluding hydrogens is 364 g/mol. The van der Waals surface area contributed by atoms with Crippen molar-refractivity contribution in [1.29, 1.82) is 0 Å². The van der Waals surface area contributed by atoms with Gasteiger partial charge in [-0.1, -0.05) is 19.9 Å². The average molecular weight is 393 g/mol. The van der Waals surface area contributed by atoms with Gasteiger partial charge in [0.2, 0.25) is 16.0 Å². The van der Waals surface area contributed by atoms with Gasteiger partial charge in [-0.2, -0.15) is 4.31 Å². The van der Waals surface area contributed by atoms with Crippen LogP contribution in [0.4, 0.5) is 5.95 Å². The van der Waals surface area contributed by atoms with E-state index in [4.69, 9.17) is 0 Å². The summed E-state index contributed by atoms with van der Waals surface area (Å²) < 4.78 is 27.6. The summed E-state index contributed by atoms with van der Waals surface area (Å²) in [5.74, 6) is 2.14. The standard InChI is InChI=1S/C18H28N6O2S/c1-14(2)12-23-17(11-16-7-5-6-8-19-16)20-21-18(23)22-9-10-24(15(3)13-22)27(4,25)26/h5-8,14-15H,9-13H2,1-4H3/t15-/m0/s1. The van der Waals surface area contributed by atoms with Crippen molar-refractivity contribution in [3.8, 4) is 0 Å². The highest BCUT2D eigenvalue weighted by molar-refractivity contribution is 7.88. The van der Waals surface area contributed by atoms with Crippen LogP contribution in [-0.2, 0) is 23.0 Å². The number of anilines is 1. The van der Waals surface area contributed by atoms with Gasteiger partial charge < -0.3 is 4.90 Å². The molecule has 9 heteroatoms. The highest BCUT2D eigenvalue weighted by atomic mass is 32.2. The van der Waals surface area contributed by atoms with E-state index in [0.717, 1.165) is 24.0 Å². The van der Waals surface area contributed by atoms with Gasteiger partial charge in [0.15, 0.2) is 0 Å². The fourth-order valence-corrected chi connectivity index (χ4v) is 4.66. The van der Waals surface area contributed by atoms with Gasteiger partial charge in [0.05, 0.1) is 12.7 Å². The summed E-state index contributed by atoms with van der Waals surface area (Å²) >= 11 is 0. The minimum Gasteiger partial charge on any atom is -0.338 e. The Morgan fingerprint density at radius 2 is 2.00 bits per heavy atom. The van der Waals surface area contributed by atoms with Crippen LogP contribution in [0.2, 0.25) is 0 Å². The molecule has 2 aromatic heterocycles. The molecule has 1 aliphatic heterocycles. The fraction of sp³-hybridized carbons (Fsp3) is 0.611. The van der Waals surface area contributed by atoms with E-state index >= 15 is 0 Å². The van der Waals surface area contributed by atoms with Crippen LogP contribution in [0.25, 0.3) is 0 Å². The molecule has 27 heavy (non-hydrogen) atoms. The predicted molar refractivity (Wildman–Crippen MR) is 105 cm³/mol. The van der Waals surface area contributed by atoms with Crippen molar-refractivity contribution in [2.45, 2.75) is 39.8 Å². The van der Waals surface area contributed by atoms with E-state index in [1.54, 1.807) is 10.5 Å². The summed E-state index contributed by atoms with van der Waals surface area (Å²) in [6.07, 6.45) is 3.68. The van der Waals surface area contributed by atoms with Gasteiger partial charge in [0.1, 0.15) is 5.82 Å². The summed E-state index contributed by atoms with van der Waals surface area (Å²) in [5, 5.41) is 8.89. The molecule has 0 radical (unpaired) electrons. The normalized spacial score (nSPS) is 19.0. The molecule has 1 aliphatic rings. The van der Waals surface area contributed by atoms with Crippen molar-refractivity contribution in [2.75, 3.05) is 30.8 Å². The van der Waals surface area contributed by atoms with Crippen molar-refractivity contribution >= 4 is 16.0 Å². The Balaban J connectivity index is 1.85. The van der Waals surface area contributed by atoms with Gasteiger partial charge in [-0.3, -0.25) is 9.55 Å². The van der Waals surface area contributed by atoms with Gasteiger partial charge in [0, 0.05) is 44.1 Å². The lowest BCUT2D eigenvalue weighted by atomic mass is 10.2. The number of sulfonamides is 1. The Kier molecular flexibility index (Phi) is 5.81. The third kappa shape index (κ3) is 4.65. The first-order valence-electron chi connectivity index (χ1n) is 9.29. The van der Waals surface area contributed by atoms with E-state index in [2.05, 4.69) is 38.5 Å². The molecule has 3 heterocycles. The quantitative estimate of drug-likeness (QED) is 0.739. The number of piperazine rings is 1. The van der Waals surface area contributed by atoms with Gasteiger partial charge in [-0.25, -0.2) is 8.42 Å². The molecule has 0 spiro atoms. The Morgan fingerprint density at radius 3 is 2.59 bits per heavy atom. The fourth-order valence-electron chi connectivity index (χ4n) is 3.52. The lowest BCUT2D eigenvalue weighted by Crippen LogP contribution is -2.54. The zero-order valence-electron chi connectivity index (χ0n) is 16.4. The number of nitrogens with zero attached hydrogens (tertiary/aromatic N) is 6. The minimum atomic E-state index is -3.19. The maximum absolute atomic E-state index is 11.9. The Morgan fingerprint density at radius 1 is 1.22 bits per heavy atom. The van der Waals surface area contributed by atoms with Crippen LogP contribution in [0.3, 0.4) is 0 Å². The van der Waals surface area contributed by atoms with Gasteiger partial charge >= 0.3 is 0 Å². The number of aromatic nitrogens is 4. The van der Waals surface area contributed by atoms with E-state index in [-0.39, 0.29) is 6.04 Å². The first kappa shape index (κ1) is 19.8. The van der Waals surface area contributed by atoms with Crippen LogP contribution in [0.1, 0.15) is 32.3 Å². The Labute approximate surface area is 161 Å². The molecule has 0 bridgehead atoms. The van der Waals surface area contributed by atoms with E-state index in [1.807, 2.05) is 25.1 Å². The summed E-state index contributed by atoms with van der Waals surface area (Å²) in [6.45, 7) is 8.75. The lowest BCUT2D eigenvalue weighted by molar-refractivity contribution is 0.305. The third-order valence-electron chi connectivity index (χ3n) is 4.70. The minimum absolute atomic E-state index is 0.0998. The van der Waals surface area contributed by atoms with Crippen LogP contribution < -0.4 is 4.90 Å². The van der Waals surface area contributed by atoms with Crippen LogP contribution in [0, 0.1) is 5.92 Å². The monoisotopic (exact) mass is 392 g/mol. The average Bonchev–Trinajstić information content (AvgIpc) is 2.96. The second-order valence-corrected chi connectivity index (χ2v) is 9.52. The Hall–Kier alpha value is -2.00. The molecule has 148 valence electrons. The zero-order valence-corrected chi connectivity index (χ0v) is 17.2. The second-order valence-electron chi connectivity index (χ2n) is 7.59. The highest BCUT2D eigenvalue weighted by Gasteiger charge is 2.32. The van der Waals surface area contributed by atoms with Crippen molar-refractivity contribution in [2.24, 2.45) is 5.92 Å². The number of pyridine rings is 1. The molecule has 0 N–H and O–H groups in total. The van der Waals surface area contributed by atoms with E-state index < -0.39 is 10.0 Å². The number of hydrogen-bond acceptors (Lipinski definition) is 6. The topological polar surface area (TPSA) is 84.2 Å². The van der Waals surface area contributed by atoms with Crippen molar-refractivity contribution in [3.05, 3.63) is 35.9 Å². The SMILES string of the molecule is CC(C)Cn1c(Cc2ccccn2)nnc1N1CCN(S(C)(=O)=O)[C@@H](C)C1. The summed E-state index contributed by atoms with van der Waals surface area (Å²) in [5.41, 5.74) is 0.955. The molecule has 3 rings (SSSR count). The van der Waals surface area contributed by atoms with Gasteiger partial charge in [-0.05, 0) is 25.0 Å². The molecule has 1 fully saturated rings. The summed E-state index contributed by atoms with van der Waals surface area (Å²) in [6, 6.07) is 5.76. The maximum Gasteiger partial charge on any atom is 0.227 e. The summed E-state index contributed by atoms with van der Waals surface area (Å²) in [7, 11) is -3.19. The molecule has 0 aliphatic carbocycles. The van der Waals surface area contributed by atoms with Crippen LogP contribution in [0.15, 0.2) is 24.4 Å². The molecule has 8 nitrogen and oxygen atoms in total. The molecule has 0 saturated carbocycles. The molecule has 0 aromatic carbocycles. The molecule has 0 unspecified atom stereocenters. The second kappa shape index (κ2) is 7.93. The predicted octanol–water partition coefficient (Wildman–Crippen LogP) is 1.39. The third-order valence-corrected chi connectivity index (χ3v) is 6.09. The molecule has 1 atom stereocenters. The maximum atomic E-state index is 11.9. The van der Waals surface area contributed by atoms with E-state index in [0.29, 0.717) is 32.0 Å². The van der Waals surface area contributed by atoms with Crippen LogP contribution in [-0.4, -0.2) is 64.4 Å². The largest absolute Gasteiger partial charge is 0.338 e. The van der Waals surface area contributed by atoms with E-state index in [9.17, 15) is 8.42 Å². The lowest BCUT2D eigenvalue weighted by Gasteiger charge is -2.38. The number of rotatable bonds is 6. The van der Waals surface area contributed by atoms with Gasteiger partial charge in [0.25, 0.3) is 0 Å². The number of hydrogen-bond donors (Lipinski definition) is 0. The smallest absolute Gasteiger partial charge is 0.227 e. The first-order chi connectivity index (χ1) is 12.8. The zero-order chi connectivity index (χ0) is 19.6. The van der Waals surface area contributed by atoms with Crippen LogP contribution >= 0.6 is 0 Å². The van der Waals surface area contributed by atoms with Crippen molar-refractivity contribution < 1.29 is 8.42 Å². The first-order valence-corrected chi connectivity index (χ1v) is 11.1. The molecule has 1 saturated heterocycles. The van der Waals surface area contributed by atoms with Gasteiger partial charge in [-0.15, -0.1) is 10.2 Å². The van der Waals surface area contributed by atoms with E-state index in [1.165, 1.54) is 6.26 Å². The van der Waals surface area contributed by atoms with Crippen molar-refractivity contribution in [1.82, 2.24) is 24.1 Å².